The van der Waals surface area contributed by atoms with Crippen LogP contribution in [0.3, 0.4) is 0 Å². The van der Waals surface area contributed by atoms with Gasteiger partial charge >= 0.3 is 5.97 Å². The summed E-state index contributed by atoms with van der Waals surface area (Å²) in [6, 6.07) is 3.85. The number of hydrogen-bond acceptors (Lipinski definition) is 5. The maximum atomic E-state index is 12.0. The zero-order valence-electron chi connectivity index (χ0n) is 11.8. The first-order chi connectivity index (χ1) is 9.31. The van der Waals surface area contributed by atoms with Gasteiger partial charge in [0.15, 0.2) is 0 Å². The summed E-state index contributed by atoms with van der Waals surface area (Å²) in [6.07, 6.45) is 0. The molecule has 6 nitrogen and oxygen atoms in total. The summed E-state index contributed by atoms with van der Waals surface area (Å²) in [7, 11) is -0.700. The maximum Gasteiger partial charge on any atom is 0.339 e. The topological polar surface area (TPSA) is 84.5 Å². The molecule has 0 bridgehead atoms. The molecule has 0 radical (unpaired) electrons. The predicted molar refractivity (Wildman–Crippen MR) is 83.7 cm³/mol. The van der Waals surface area contributed by atoms with Gasteiger partial charge in [-0.1, -0.05) is 11.6 Å². The molecule has 1 atom stereocenters. The summed E-state index contributed by atoms with van der Waals surface area (Å²) >= 11 is 5.89. The highest BCUT2D eigenvalue weighted by atomic mass is 35.5. The van der Waals surface area contributed by atoms with Gasteiger partial charge in [0, 0.05) is 12.6 Å². The van der Waals surface area contributed by atoms with E-state index in [1.54, 1.807) is 7.05 Å². The van der Waals surface area contributed by atoms with Crippen LogP contribution >= 0.6 is 24.0 Å². The Morgan fingerprint density at radius 3 is 2.52 bits per heavy atom. The fraction of sp³-hybridized carbons (Fsp3) is 0.417. The van der Waals surface area contributed by atoms with Gasteiger partial charge in [-0.2, -0.15) is 0 Å². The van der Waals surface area contributed by atoms with Gasteiger partial charge in [0.1, 0.15) is 0 Å². The Morgan fingerprint density at radius 2 is 2.05 bits per heavy atom. The molecule has 0 aliphatic carbocycles. The molecule has 120 valence electrons. The number of esters is 1. The number of carbonyl (C=O) groups is 1. The summed E-state index contributed by atoms with van der Waals surface area (Å²) in [5, 5.41) is 2.95. The van der Waals surface area contributed by atoms with Crippen LogP contribution in [0, 0.1) is 0 Å². The number of ether oxygens (including phenoxy) is 1. The van der Waals surface area contributed by atoms with E-state index in [0.717, 1.165) is 0 Å². The highest BCUT2D eigenvalue weighted by Gasteiger charge is 2.18. The summed E-state index contributed by atoms with van der Waals surface area (Å²) in [5.41, 5.74) is 0.122. The molecule has 0 saturated carbocycles. The normalized spacial score (nSPS) is 12.4. The monoisotopic (exact) mass is 356 g/mol. The predicted octanol–water partition coefficient (Wildman–Crippen LogP) is 1.43. The number of sulfonamides is 1. The van der Waals surface area contributed by atoms with E-state index in [1.807, 2.05) is 6.92 Å². The van der Waals surface area contributed by atoms with E-state index in [4.69, 9.17) is 11.6 Å². The van der Waals surface area contributed by atoms with E-state index < -0.39 is 16.0 Å². The third kappa shape index (κ3) is 5.44. The average molecular weight is 357 g/mol. The van der Waals surface area contributed by atoms with Gasteiger partial charge in [-0.05, 0) is 32.2 Å². The number of carbonyl (C=O) groups excluding carboxylic acids is 1. The molecular weight excluding hydrogens is 339 g/mol. The number of nitrogens with one attached hydrogen (secondary N) is 2. The van der Waals surface area contributed by atoms with Crippen molar-refractivity contribution >= 4 is 40.0 Å². The van der Waals surface area contributed by atoms with Crippen molar-refractivity contribution in [3.05, 3.63) is 28.8 Å². The molecule has 1 aromatic carbocycles. The highest BCUT2D eigenvalue weighted by molar-refractivity contribution is 7.89. The molecule has 0 saturated heterocycles. The quantitative estimate of drug-likeness (QED) is 0.753. The van der Waals surface area contributed by atoms with Crippen LogP contribution in [0.15, 0.2) is 23.1 Å². The van der Waals surface area contributed by atoms with Crippen molar-refractivity contribution in [2.24, 2.45) is 0 Å². The first kappa shape index (κ1) is 20.1. The van der Waals surface area contributed by atoms with Crippen molar-refractivity contribution in [1.82, 2.24) is 10.0 Å². The Kier molecular flexibility index (Phi) is 8.20. The maximum absolute atomic E-state index is 12.0. The lowest BCUT2D eigenvalue weighted by molar-refractivity contribution is 0.0601. The number of likely N-dealkylation sites (N-methyl/N-ethyl adjacent to an activating group) is 1. The molecule has 0 aliphatic rings. The molecule has 0 amide bonds. The minimum atomic E-state index is -3.66. The Hall–Kier alpha value is -0.860. The minimum absolute atomic E-state index is 0. The molecule has 21 heavy (non-hydrogen) atoms. The zero-order chi connectivity index (χ0) is 15.3. The fourth-order valence-corrected chi connectivity index (χ4v) is 2.84. The van der Waals surface area contributed by atoms with E-state index in [1.165, 1.54) is 25.3 Å². The van der Waals surface area contributed by atoms with Crippen molar-refractivity contribution in [3.63, 3.8) is 0 Å². The van der Waals surface area contributed by atoms with E-state index in [-0.39, 0.29) is 40.5 Å². The minimum Gasteiger partial charge on any atom is -0.465 e. The van der Waals surface area contributed by atoms with Gasteiger partial charge in [0.25, 0.3) is 0 Å². The van der Waals surface area contributed by atoms with Gasteiger partial charge in [0.05, 0.1) is 22.6 Å². The van der Waals surface area contributed by atoms with Crippen molar-refractivity contribution in [3.8, 4) is 0 Å². The Morgan fingerprint density at radius 1 is 1.43 bits per heavy atom. The van der Waals surface area contributed by atoms with E-state index >= 15 is 0 Å². The summed E-state index contributed by atoms with van der Waals surface area (Å²) in [5.74, 6) is -0.615. The van der Waals surface area contributed by atoms with Crippen molar-refractivity contribution in [2.45, 2.75) is 17.9 Å². The average Bonchev–Trinajstić information content (AvgIpc) is 2.43. The van der Waals surface area contributed by atoms with Crippen molar-refractivity contribution in [2.75, 3.05) is 20.7 Å². The fourth-order valence-electron chi connectivity index (χ4n) is 1.36. The smallest absolute Gasteiger partial charge is 0.339 e. The van der Waals surface area contributed by atoms with Gasteiger partial charge in [-0.3, -0.25) is 0 Å². The number of rotatable bonds is 6. The molecule has 0 aliphatic heterocycles. The highest BCUT2D eigenvalue weighted by Crippen LogP contribution is 2.21. The van der Waals surface area contributed by atoms with Crippen molar-refractivity contribution < 1.29 is 17.9 Å². The second-order valence-corrected chi connectivity index (χ2v) is 6.35. The lowest BCUT2D eigenvalue weighted by atomic mass is 10.2. The molecule has 0 fully saturated rings. The first-order valence-electron chi connectivity index (χ1n) is 5.86. The van der Waals surface area contributed by atoms with Crippen LogP contribution in [0.2, 0.25) is 5.02 Å². The largest absolute Gasteiger partial charge is 0.465 e. The first-order valence-corrected chi connectivity index (χ1v) is 7.72. The number of methoxy groups -OCH3 is 1. The lowest BCUT2D eigenvalue weighted by Gasteiger charge is -2.12. The molecule has 2 N–H and O–H groups in total. The van der Waals surface area contributed by atoms with Gasteiger partial charge in [-0.25, -0.2) is 17.9 Å². The molecule has 1 unspecified atom stereocenters. The molecule has 1 rings (SSSR count). The standard InChI is InChI=1S/C12H17ClN2O4S.ClH/c1-8(14-2)7-15-20(17,18)9-4-5-10(11(13)6-9)12(16)19-3;/h4-6,8,14-15H,7H2,1-3H3;1H. The van der Waals surface area contributed by atoms with Gasteiger partial charge in [0.2, 0.25) is 10.0 Å². The van der Waals surface area contributed by atoms with E-state index in [2.05, 4.69) is 14.8 Å². The molecule has 0 spiro atoms. The third-order valence-electron chi connectivity index (χ3n) is 2.73. The zero-order valence-corrected chi connectivity index (χ0v) is 14.2. The molecule has 0 aromatic heterocycles. The molecular formula is C12H18Cl2N2O4S. The van der Waals surface area contributed by atoms with Crippen LogP contribution in [0.5, 0.6) is 0 Å². The molecule has 0 heterocycles. The van der Waals surface area contributed by atoms with Gasteiger partial charge in [-0.15, -0.1) is 12.4 Å². The summed E-state index contributed by atoms with van der Waals surface area (Å²) in [6.45, 7) is 2.09. The lowest BCUT2D eigenvalue weighted by Crippen LogP contribution is -2.37. The van der Waals surface area contributed by atoms with Gasteiger partial charge < -0.3 is 10.1 Å². The summed E-state index contributed by atoms with van der Waals surface area (Å²) < 4.78 is 31.1. The van der Waals surface area contributed by atoms with Crippen LogP contribution in [0.1, 0.15) is 17.3 Å². The van der Waals surface area contributed by atoms with Crippen LogP contribution < -0.4 is 10.0 Å². The SMILES string of the molecule is CNC(C)CNS(=O)(=O)c1ccc(C(=O)OC)c(Cl)c1.Cl. The van der Waals surface area contributed by atoms with Crippen LogP contribution in [0.25, 0.3) is 0 Å². The molecule has 1 aromatic rings. The Bertz CT molecular complexity index is 593. The van der Waals surface area contributed by atoms with Crippen LogP contribution in [-0.4, -0.2) is 41.1 Å². The van der Waals surface area contributed by atoms with E-state index in [0.29, 0.717) is 0 Å². The Balaban J connectivity index is 0.00000400. The van der Waals surface area contributed by atoms with Crippen LogP contribution in [-0.2, 0) is 14.8 Å². The second-order valence-electron chi connectivity index (χ2n) is 4.17. The summed E-state index contributed by atoms with van der Waals surface area (Å²) in [4.78, 5) is 11.4. The third-order valence-corrected chi connectivity index (χ3v) is 4.46. The molecule has 9 heteroatoms. The second kappa shape index (κ2) is 8.55. The van der Waals surface area contributed by atoms with E-state index in [9.17, 15) is 13.2 Å². The Labute approximate surface area is 135 Å². The van der Waals surface area contributed by atoms with Crippen LogP contribution in [0.4, 0.5) is 0 Å². The number of benzene rings is 1. The number of halogens is 2. The van der Waals surface area contributed by atoms with Crippen molar-refractivity contribution in [1.29, 1.82) is 0 Å². The number of hydrogen-bond donors (Lipinski definition) is 2.